The van der Waals surface area contributed by atoms with Gasteiger partial charge in [0.05, 0.1) is 5.60 Å². The second kappa shape index (κ2) is 6.40. The highest BCUT2D eigenvalue weighted by Gasteiger charge is 2.33. The monoisotopic (exact) mass is 293 g/mol. The molecule has 1 aromatic carbocycles. The van der Waals surface area contributed by atoms with E-state index in [1.54, 1.807) is 12.1 Å². The zero-order valence-electron chi connectivity index (χ0n) is 12.3. The van der Waals surface area contributed by atoms with Gasteiger partial charge < -0.3 is 10.0 Å². The molecule has 2 aliphatic rings. The Balaban J connectivity index is 1.50. The van der Waals surface area contributed by atoms with Gasteiger partial charge in [-0.3, -0.25) is 10.9 Å². The van der Waals surface area contributed by atoms with Gasteiger partial charge in [0.1, 0.15) is 5.82 Å². The number of aliphatic hydroxyl groups is 1. The van der Waals surface area contributed by atoms with Crippen LogP contribution in [0.5, 0.6) is 0 Å². The lowest BCUT2D eigenvalue weighted by Crippen LogP contribution is -2.43. The van der Waals surface area contributed by atoms with Crippen molar-refractivity contribution in [2.45, 2.75) is 24.9 Å². The summed E-state index contributed by atoms with van der Waals surface area (Å²) in [6.07, 6.45) is 2.63. The van der Waals surface area contributed by atoms with Gasteiger partial charge in [0.25, 0.3) is 0 Å². The number of hydrogen-bond acceptors (Lipinski definition) is 4. The predicted molar refractivity (Wildman–Crippen MR) is 80.1 cm³/mol. The Morgan fingerprint density at radius 1 is 1.14 bits per heavy atom. The van der Waals surface area contributed by atoms with Crippen LogP contribution in [0.2, 0.25) is 0 Å². The standard InChI is InChI=1S/C16H24FN3O/c17-15-3-1-14(2-4-15)16(21)6-9-20(10-7-16)8-5-13-11-18-19-12-13/h1-4,13,18-19,21H,5-12H2. The zero-order valence-corrected chi connectivity index (χ0v) is 12.3. The van der Waals surface area contributed by atoms with Gasteiger partial charge in [-0.25, -0.2) is 4.39 Å². The summed E-state index contributed by atoms with van der Waals surface area (Å²) in [5, 5.41) is 10.8. The summed E-state index contributed by atoms with van der Waals surface area (Å²) in [5.41, 5.74) is 6.37. The van der Waals surface area contributed by atoms with Crippen molar-refractivity contribution < 1.29 is 9.50 Å². The third-order valence-electron chi connectivity index (χ3n) is 4.82. The lowest BCUT2D eigenvalue weighted by atomic mass is 9.84. The van der Waals surface area contributed by atoms with E-state index in [9.17, 15) is 9.50 Å². The number of benzene rings is 1. The first kappa shape index (κ1) is 14.9. The Bertz CT molecular complexity index is 451. The van der Waals surface area contributed by atoms with Crippen molar-refractivity contribution in [2.24, 2.45) is 5.92 Å². The number of nitrogens with zero attached hydrogens (tertiary/aromatic N) is 1. The van der Waals surface area contributed by atoms with Crippen LogP contribution in [0.1, 0.15) is 24.8 Å². The smallest absolute Gasteiger partial charge is 0.123 e. The number of hydrogen-bond donors (Lipinski definition) is 3. The minimum Gasteiger partial charge on any atom is -0.385 e. The first-order chi connectivity index (χ1) is 10.2. The molecule has 1 aromatic rings. The second-order valence-corrected chi connectivity index (χ2v) is 6.30. The van der Waals surface area contributed by atoms with E-state index in [-0.39, 0.29) is 5.82 Å². The zero-order chi connectivity index (χ0) is 14.7. The lowest BCUT2D eigenvalue weighted by molar-refractivity contribution is -0.0266. The molecule has 3 rings (SSSR count). The fraction of sp³-hybridized carbons (Fsp3) is 0.625. The summed E-state index contributed by atoms with van der Waals surface area (Å²) in [5.74, 6) is 0.460. The van der Waals surface area contributed by atoms with E-state index in [0.717, 1.165) is 51.1 Å². The van der Waals surface area contributed by atoms with Crippen molar-refractivity contribution in [1.82, 2.24) is 15.8 Å². The van der Waals surface area contributed by atoms with Crippen molar-refractivity contribution in [2.75, 3.05) is 32.7 Å². The van der Waals surface area contributed by atoms with Gasteiger partial charge in [0, 0.05) is 26.2 Å². The Morgan fingerprint density at radius 3 is 2.38 bits per heavy atom. The average Bonchev–Trinajstić information content (AvgIpc) is 3.01. The molecule has 0 atom stereocenters. The van der Waals surface area contributed by atoms with Crippen LogP contribution in [-0.2, 0) is 5.60 Å². The van der Waals surface area contributed by atoms with Crippen LogP contribution in [0, 0.1) is 11.7 Å². The first-order valence-corrected chi connectivity index (χ1v) is 7.82. The van der Waals surface area contributed by atoms with Crippen LogP contribution in [-0.4, -0.2) is 42.7 Å². The van der Waals surface area contributed by atoms with Gasteiger partial charge in [-0.2, -0.15) is 0 Å². The molecule has 2 aliphatic heterocycles. The van der Waals surface area contributed by atoms with Crippen molar-refractivity contribution in [3.8, 4) is 0 Å². The maximum atomic E-state index is 13.0. The molecule has 4 nitrogen and oxygen atoms in total. The minimum absolute atomic E-state index is 0.251. The first-order valence-electron chi connectivity index (χ1n) is 7.82. The molecule has 3 N–H and O–H groups in total. The maximum Gasteiger partial charge on any atom is 0.123 e. The van der Waals surface area contributed by atoms with Crippen molar-refractivity contribution in [1.29, 1.82) is 0 Å². The molecule has 21 heavy (non-hydrogen) atoms. The number of rotatable bonds is 4. The summed E-state index contributed by atoms with van der Waals surface area (Å²) in [6.45, 7) is 5.00. The third kappa shape index (κ3) is 3.61. The topological polar surface area (TPSA) is 47.5 Å². The molecule has 2 fully saturated rings. The molecule has 0 unspecified atom stereocenters. The summed E-state index contributed by atoms with van der Waals surface area (Å²) < 4.78 is 13.0. The van der Waals surface area contributed by atoms with Crippen molar-refractivity contribution in [3.63, 3.8) is 0 Å². The summed E-state index contributed by atoms with van der Waals surface area (Å²) >= 11 is 0. The Labute approximate surface area is 125 Å². The highest BCUT2D eigenvalue weighted by atomic mass is 19.1. The molecular formula is C16H24FN3O. The van der Waals surface area contributed by atoms with E-state index >= 15 is 0 Å². The normalized spacial score (nSPS) is 23.5. The predicted octanol–water partition coefficient (Wildman–Crippen LogP) is 1.22. The summed E-state index contributed by atoms with van der Waals surface area (Å²) in [7, 11) is 0. The van der Waals surface area contributed by atoms with Crippen molar-refractivity contribution in [3.05, 3.63) is 35.6 Å². The minimum atomic E-state index is -0.791. The third-order valence-corrected chi connectivity index (χ3v) is 4.82. The average molecular weight is 293 g/mol. The molecule has 0 aromatic heterocycles. The van der Waals surface area contributed by atoms with Crippen LogP contribution >= 0.6 is 0 Å². The molecular weight excluding hydrogens is 269 g/mol. The van der Waals surface area contributed by atoms with Crippen LogP contribution in [0.3, 0.4) is 0 Å². The molecule has 0 amide bonds. The highest BCUT2D eigenvalue weighted by molar-refractivity contribution is 5.23. The maximum absolute atomic E-state index is 13.0. The molecule has 0 spiro atoms. The van der Waals surface area contributed by atoms with Crippen LogP contribution in [0.25, 0.3) is 0 Å². The van der Waals surface area contributed by atoms with Gasteiger partial charge >= 0.3 is 0 Å². The molecule has 116 valence electrons. The number of piperidine rings is 1. The molecule has 2 saturated heterocycles. The Morgan fingerprint density at radius 2 is 1.76 bits per heavy atom. The quantitative estimate of drug-likeness (QED) is 0.781. The van der Waals surface area contributed by atoms with E-state index in [1.165, 1.54) is 18.6 Å². The molecule has 0 bridgehead atoms. The number of nitrogens with one attached hydrogen (secondary N) is 2. The Kier molecular flexibility index (Phi) is 4.54. The van der Waals surface area contributed by atoms with E-state index < -0.39 is 5.60 Å². The van der Waals surface area contributed by atoms with Gasteiger partial charge in [0.15, 0.2) is 0 Å². The molecule has 0 radical (unpaired) electrons. The second-order valence-electron chi connectivity index (χ2n) is 6.30. The van der Waals surface area contributed by atoms with Gasteiger partial charge in [0.2, 0.25) is 0 Å². The SMILES string of the molecule is OC1(c2ccc(F)cc2)CCN(CCC2CNNC2)CC1. The fourth-order valence-electron chi connectivity index (χ4n) is 3.27. The van der Waals surface area contributed by atoms with E-state index in [4.69, 9.17) is 0 Å². The van der Waals surface area contributed by atoms with Crippen LogP contribution < -0.4 is 10.9 Å². The van der Waals surface area contributed by atoms with E-state index in [2.05, 4.69) is 15.8 Å². The number of likely N-dealkylation sites (tertiary alicyclic amines) is 1. The largest absolute Gasteiger partial charge is 0.385 e. The molecule has 0 saturated carbocycles. The van der Waals surface area contributed by atoms with E-state index in [1.807, 2.05) is 0 Å². The van der Waals surface area contributed by atoms with Crippen molar-refractivity contribution >= 4 is 0 Å². The van der Waals surface area contributed by atoms with Gasteiger partial charge in [-0.05, 0) is 49.4 Å². The van der Waals surface area contributed by atoms with Crippen LogP contribution in [0.15, 0.2) is 24.3 Å². The molecule has 0 aliphatic carbocycles. The van der Waals surface area contributed by atoms with Gasteiger partial charge in [-0.1, -0.05) is 12.1 Å². The Hall–Kier alpha value is -1.01. The lowest BCUT2D eigenvalue weighted by Gasteiger charge is -2.38. The summed E-state index contributed by atoms with van der Waals surface area (Å²) in [4.78, 5) is 2.43. The van der Waals surface area contributed by atoms with Crippen LogP contribution in [0.4, 0.5) is 4.39 Å². The molecule has 2 heterocycles. The molecule has 5 heteroatoms. The highest BCUT2D eigenvalue weighted by Crippen LogP contribution is 2.32. The van der Waals surface area contributed by atoms with E-state index in [0.29, 0.717) is 5.92 Å². The van der Waals surface area contributed by atoms with Gasteiger partial charge in [-0.15, -0.1) is 0 Å². The fourth-order valence-corrected chi connectivity index (χ4v) is 3.27. The number of halogens is 1. The summed E-state index contributed by atoms with van der Waals surface area (Å²) in [6, 6.07) is 6.28. The number of hydrazine groups is 1.